The quantitative estimate of drug-likeness (QED) is 0.556. The fourth-order valence-corrected chi connectivity index (χ4v) is 0.569. The molecule has 0 saturated heterocycles. The predicted molar refractivity (Wildman–Crippen MR) is 33.3 cm³/mol. The molecule has 4 nitrogen and oxygen atoms in total. The summed E-state index contributed by atoms with van der Waals surface area (Å²) in [6, 6.07) is 0.510. The van der Waals surface area contributed by atoms with Crippen LogP contribution in [0.2, 0.25) is 0 Å². The van der Waals surface area contributed by atoms with E-state index in [1.165, 1.54) is 11.3 Å². The number of hydrogen-bond acceptors (Lipinski definition) is 3. The van der Waals surface area contributed by atoms with E-state index in [9.17, 15) is 4.79 Å². The molecule has 0 aromatic heterocycles. The number of likely N-dealkylation sites (N-methyl/N-ethyl adjacent to an activating group) is 1. The molecule has 0 aromatic carbocycles. The second-order valence-corrected chi connectivity index (χ2v) is 1.84. The average Bonchev–Trinajstić information content (AvgIpc) is 1.83. The summed E-state index contributed by atoms with van der Waals surface area (Å²) in [6.07, 6.45) is 1.48. The molecule has 0 fully saturated rings. The monoisotopic (exact) mass is 215 g/mol. The van der Waals surface area contributed by atoms with Gasteiger partial charge in [0.05, 0.1) is 0 Å². The van der Waals surface area contributed by atoms with Crippen LogP contribution < -0.4 is 5.43 Å². The van der Waals surface area contributed by atoms with Gasteiger partial charge < -0.3 is 10.4 Å². The molecule has 0 saturated carbocycles. The van der Waals surface area contributed by atoms with Gasteiger partial charge in [-0.1, -0.05) is 6.92 Å². The van der Waals surface area contributed by atoms with Gasteiger partial charge in [0.15, 0.2) is 0 Å². The van der Waals surface area contributed by atoms with E-state index >= 15 is 0 Å². The summed E-state index contributed by atoms with van der Waals surface area (Å²) in [4.78, 5) is 14.6. The van der Waals surface area contributed by atoms with Crippen LogP contribution in [0, 0.1) is 6.04 Å². The Kier molecular flexibility index (Phi) is 3.90. The molecule has 0 atom stereocenters. The van der Waals surface area contributed by atoms with Crippen molar-refractivity contribution >= 4 is 12.2 Å². The first-order valence-electron chi connectivity index (χ1n) is 2.62. The molecule has 1 radical (unpaired) electrons. The predicted octanol–water partition coefficient (Wildman–Crippen LogP) is -0.459. The molecule has 10 heavy (non-hydrogen) atoms. The Bertz CT molecular complexity index is 159. The molecule has 5 heteroatoms. The third-order valence-corrected chi connectivity index (χ3v) is 1.12. The SMILES string of the molecule is C[C-]1N=CNN(C)C1=O.[Y]. The number of nitrogens with zero attached hydrogens (tertiary/aromatic N) is 2. The summed E-state index contributed by atoms with van der Waals surface area (Å²) in [5.74, 6) is -0.0856. The van der Waals surface area contributed by atoms with Gasteiger partial charge in [-0.3, -0.25) is 9.80 Å². The first-order chi connectivity index (χ1) is 4.22. The van der Waals surface area contributed by atoms with Crippen molar-refractivity contribution in [3.63, 3.8) is 0 Å². The van der Waals surface area contributed by atoms with E-state index in [0.29, 0.717) is 6.04 Å². The molecule has 1 N–H and O–H groups in total. The Labute approximate surface area is 84.9 Å². The number of carbonyl (C=O) groups is 1. The summed E-state index contributed by atoms with van der Waals surface area (Å²) in [5, 5.41) is 1.38. The van der Waals surface area contributed by atoms with Gasteiger partial charge in [-0.25, -0.2) is 0 Å². The van der Waals surface area contributed by atoms with E-state index in [1.807, 2.05) is 0 Å². The second kappa shape index (κ2) is 3.93. The van der Waals surface area contributed by atoms with Gasteiger partial charge in [-0.15, -0.1) is 0 Å². The van der Waals surface area contributed by atoms with Crippen molar-refractivity contribution in [2.24, 2.45) is 4.99 Å². The molecule has 0 bridgehead atoms. The van der Waals surface area contributed by atoms with Crippen LogP contribution in [-0.4, -0.2) is 24.3 Å². The molecular weight excluding hydrogens is 207 g/mol. The summed E-state index contributed by atoms with van der Waals surface area (Å²) in [7, 11) is 1.65. The standard InChI is InChI=1S/C5H8N3O.Y/c1-4-5(9)8(2)7-3-6-4;/h3H,1-2H3,(H,6,7);/q-1;. The summed E-state index contributed by atoms with van der Waals surface area (Å²) < 4.78 is 0. The average molecular weight is 215 g/mol. The zero-order chi connectivity index (χ0) is 6.85. The van der Waals surface area contributed by atoms with E-state index < -0.39 is 0 Å². The fourth-order valence-electron chi connectivity index (χ4n) is 0.569. The number of nitrogens with one attached hydrogen (secondary N) is 1. The van der Waals surface area contributed by atoms with Crippen LogP contribution in [0.25, 0.3) is 0 Å². The van der Waals surface area contributed by atoms with Crippen molar-refractivity contribution in [3.05, 3.63) is 6.04 Å². The van der Waals surface area contributed by atoms with Gasteiger partial charge in [0, 0.05) is 39.8 Å². The minimum absolute atomic E-state index is 0. The van der Waals surface area contributed by atoms with E-state index in [1.54, 1.807) is 14.0 Å². The first-order valence-corrected chi connectivity index (χ1v) is 2.62. The maximum Gasteiger partial charge on any atom is 0.202 e. The minimum Gasteiger partial charge on any atom is -0.424 e. The molecule has 1 rings (SSSR count). The number of hydrogen-bond donors (Lipinski definition) is 1. The van der Waals surface area contributed by atoms with Gasteiger partial charge in [-0.05, 0) is 12.4 Å². The van der Waals surface area contributed by atoms with Crippen molar-refractivity contribution in [1.82, 2.24) is 10.4 Å². The van der Waals surface area contributed by atoms with E-state index in [2.05, 4.69) is 10.4 Å². The largest absolute Gasteiger partial charge is 0.424 e. The maximum atomic E-state index is 10.8. The van der Waals surface area contributed by atoms with Crippen LogP contribution in [0.3, 0.4) is 0 Å². The van der Waals surface area contributed by atoms with Crippen molar-refractivity contribution in [1.29, 1.82) is 0 Å². The Balaban J connectivity index is 0.000000810. The van der Waals surface area contributed by atoms with Gasteiger partial charge in [0.1, 0.15) is 0 Å². The zero-order valence-corrected chi connectivity index (χ0v) is 8.80. The van der Waals surface area contributed by atoms with Gasteiger partial charge >= 0.3 is 0 Å². The number of hydrazine groups is 1. The Hall–Kier alpha value is -0.0861. The van der Waals surface area contributed by atoms with E-state index in [4.69, 9.17) is 0 Å². The molecule has 1 aliphatic rings. The minimum atomic E-state index is -0.0856. The fraction of sp³-hybridized carbons (Fsp3) is 0.400. The Morgan fingerprint density at radius 1 is 1.80 bits per heavy atom. The van der Waals surface area contributed by atoms with E-state index in [0.717, 1.165) is 0 Å². The molecule has 0 spiro atoms. The molecule has 1 heterocycles. The number of amides is 1. The van der Waals surface area contributed by atoms with Gasteiger partial charge in [-0.2, -0.15) is 0 Å². The first kappa shape index (κ1) is 9.91. The van der Waals surface area contributed by atoms with Crippen LogP contribution in [0.1, 0.15) is 6.92 Å². The van der Waals surface area contributed by atoms with Crippen molar-refractivity contribution in [2.45, 2.75) is 6.92 Å². The summed E-state index contributed by atoms with van der Waals surface area (Å²) in [6.45, 7) is 1.68. The maximum absolute atomic E-state index is 10.8. The third kappa shape index (κ3) is 1.95. The Morgan fingerprint density at radius 3 is 2.80 bits per heavy atom. The summed E-state index contributed by atoms with van der Waals surface area (Å²) >= 11 is 0. The van der Waals surface area contributed by atoms with Crippen LogP contribution >= 0.6 is 0 Å². The number of carbonyl (C=O) groups excluding carboxylic acids is 1. The van der Waals surface area contributed by atoms with Crippen LogP contribution in [0.15, 0.2) is 4.99 Å². The normalized spacial score (nSPS) is 16.4. The molecule has 0 aromatic rings. The third-order valence-electron chi connectivity index (χ3n) is 1.12. The molecular formula is C5H8N3OY-. The molecule has 0 aliphatic carbocycles. The van der Waals surface area contributed by atoms with E-state index in [-0.39, 0.29) is 38.6 Å². The van der Waals surface area contributed by atoms with Gasteiger partial charge in [0.2, 0.25) is 5.91 Å². The number of rotatable bonds is 0. The van der Waals surface area contributed by atoms with Crippen molar-refractivity contribution < 1.29 is 37.5 Å². The zero-order valence-electron chi connectivity index (χ0n) is 5.96. The summed E-state index contributed by atoms with van der Waals surface area (Å²) in [5.41, 5.74) is 2.63. The van der Waals surface area contributed by atoms with Crippen molar-refractivity contribution in [3.8, 4) is 0 Å². The van der Waals surface area contributed by atoms with Gasteiger partial charge in [0.25, 0.3) is 0 Å². The topological polar surface area (TPSA) is 44.7 Å². The second-order valence-electron chi connectivity index (χ2n) is 1.84. The molecule has 1 aliphatic heterocycles. The number of aliphatic imine (C=N–C) groups is 1. The van der Waals surface area contributed by atoms with Crippen molar-refractivity contribution in [2.75, 3.05) is 7.05 Å². The van der Waals surface area contributed by atoms with Crippen LogP contribution in [0.5, 0.6) is 0 Å². The van der Waals surface area contributed by atoms with Crippen LogP contribution in [0.4, 0.5) is 0 Å². The molecule has 1 amide bonds. The smallest absolute Gasteiger partial charge is 0.202 e. The molecule has 0 unspecified atom stereocenters. The van der Waals surface area contributed by atoms with Crippen LogP contribution in [-0.2, 0) is 37.5 Å². The molecule has 53 valence electrons. The Morgan fingerprint density at radius 2 is 2.40 bits per heavy atom.